The molecule has 0 aromatic heterocycles. The smallest absolute Gasteiger partial charge is 0.326 e. The number of anilines is 1. The summed E-state index contributed by atoms with van der Waals surface area (Å²) in [7, 11) is 0. The van der Waals surface area contributed by atoms with Gasteiger partial charge < -0.3 is 15.7 Å². The maximum Gasteiger partial charge on any atom is 0.326 e. The third-order valence-electron chi connectivity index (χ3n) is 2.99. The molecule has 0 heterocycles. The van der Waals surface area contributed by atoms with Gasteiger partial charge in [-0.1, -0.05) is 46.3 Å². The molecule has 0 aliphatic carbocycles. The largest absolute Gasteiger partial charge is 0.480 e. The van der Waals surface area contributed by atoms with Crippen molar-refractivity contribution in [3.8, 4) is 0 Å². The molecular formula is C16H15BrN2O3. The number of amides is 2. The molecular weight excluding hydrogens is 348 g/mol. The minimum absolute atomic E-state index is 0.213. The van der Waals surface area contributed by atoms with Crippen molar-refractivity contribution in [1.82, 2.24) is 5.32 Å². The molecule has 0 saturated carbocycles. The zero-order chi connectivity index (χ0) is 15.9. The number of carbonyl (C=O) groups is 2. The topological polar surface area (TPSA) is 78.4 Å². The van der Waals surface area contributed by atoms with Crippen molar-refractivity contribution in [1.29, 1.82) is 0 Å². The van der Waals surface area contributed by atoms with Gasteiger partial charge in [0.25, 0.3) is 0 Å². The number of para-hydroxylation sites is 1. The summed E-state index contributed by atoms with van der Waals surface area (Å²) in [4.78, 5) is 23.2. The number of benzene rings is 2. The highest BCUT2D eigenvalue weighted by atomic mass is 79.9. The predicted molar refractivity (Wildman–Crippen MR) is 87.9 cm³/mol. The molecule has 2 amide bonds. The van der Waals surface area contributed by atoms with Crippen molar-refractivity contribution in [2.45, 2.75) is 12.5 Å². The van der Waals surface area contributed by atoms with Crippen LogP contribution in [0.15, 0.2) is 59.1 Å². The molecule has 0 spiro atoms. The van der Waals surface area contributed by atoms with Crippen molar-refractivity contribution in [2.24, 2.45) is 0 Å². The summed E-state index contributed by atoms with van der Waals surface area (Å²) in [5, 5.41) is 14.3. The van der Waals surface area contributed by atoms with Crippen molar-refractivity contribution in [2.75, 3.05) is 5.32 Å². The Kier molecular flexibility index (Phi) is 5.55. The van der Waals surface area contributed by atoms with E-state index in [2.05, 4.69) is 26.6 Å². The normalized spacial score (nSPS) is 11.5. The lowest BCUT2D eigenvalue weighted by Crippen LogP contribution is -2.44. The quantitative estimate of drug-likeness (QED) is 0.763. The van der Waals surface area contributed by atoms with Crippen LogP contribution in [0.4, 0.5) is 10.5 Å². The molecule has 2 aromatic carbocycles. The lowest BCUT2D eigenvalue weighted by atomic mass is 10.1. The SMILES string of the molecule is O=C(Nc1ccccc1)NC(Cc1ccc(Br)cc1)C(=O)O. The van der Waals surface area contributed by atoms with Gasteiger partial charge in [-0.3, -0.25) is 0 Å². The summed E-state index contributed by atoms with van der Waals surface area (Å²) >= 11 is 3.32. The molecule has 0 aliphatic heterocycles. The van der Waals surface area contributed by atoms with Crippen LogP contribution >= 0.6 is 15.9 Å². The third kappa shape index (κ3) is 4.89. The van der Waals surface area contributed by atoms with E-state index in [-0.39, 0.29) is 6.42 Å². The highest BCUT2D eigenvalue weighted by Crippen LogP contribution is 2.12. The Labute approximate surface area is 136 Å². The number of urea groups is 1. The van der Waals surface area contributed by atoms with E-state index in [1.165, 1.54) is 0 Å². The molecule has 6 heteroatoms. The first-order valence-electron chi connectivity index (χ1n) is 6.64. The van der Waals surface area contributed by atoms with Crippen molar-refractivity contribution in [3.63, 3.8) is 0 Å². The average Bonchev–Trinajstić information content (AvgIpc) is 2.49. The van der Waals surface area contributed by atoms with E-state index in [0.717, 1.165) is 10.0 Å². The number of hydrogen-bond donors (Lipinski definition) is 3. The average molecular weight is 363 g/mol. The third-order valence-corrected chi connectivity index (χ3v) is 3.52. The standard InChI is InChI=1S/C16H15BrN2O3/c17-12-8-6-11(7-9-12)10-14(15(20)21)19-16(22)18-13-4-2-1-3-5-13/h1-9,14H,10H2,(H,20,21)(H2,18,19,22). The van der Waals surface area contributed by atoms with Gasteiger partial charge in [0, 0.05) is 16.6 Å². The number of aliphatic carboxylic acids is 1. The van der Waals surface area contributed by atoms with E-state index in [1.807, 2.05) is 30.3 Å². The van der Waals surface area contributed by atoms with Crippen LogP contribution in [0.5, 0.6) is 0 Å². The van der Waals surface area contributed by atoms with Gasteiger partial charge in [-0.2, -0.15) is 0 Å². The Hall–Kier alpha value is -2.34. The molecule has 0 bridgehead atoms. The zero-order valence-corrected chi connectivity index (χ0v) is 13.2. The number of carbonyl (C=O) groups excluding carboxylic acids is 1. The van der Waals surface area contributed by atoms with Crippen LogP contribution in [-0.2, 0) is 11.2 Å². The molecule has 114 valence electrons. The number of nitrogens with one attached hydrogen (secondary N) is 2. The first-order valence-corrected chi connectivity index (χ1v) is 7.44. The van der Waals surface area contributed by atoms with E-state index in [9.17, 15) is 14.7 Å². The predicted octanol–water partition coefficient (Wildman–Crippen LogP) is 3.27. The monoisotopic (exact) mass is 362 g/mol. The lowest BCUT2D eigenvalue weighted by Gasteiger charge is -2.15. The molecule has 1 atom stereocenters. The summed E-state index contributed by atoms with van der Waals surface area (Å²) in [5.74, 6) is -1.08. The van der Waals surface area contributed by atoms with Gasteiger partial charge in [-0.25, -0.2) is 9.59 Å². The fourth-order valence-corrected chi connectivity index (χ4v) is 2.17. The lowest BCUT2D eigenvalue weighted by molar-refractivity contribution is -0.139. The molecule has 3 N–H and O–H groups in total. The van der Waals surface area contributed by atoms with Crippen molar-refractivity contribution in [3.05, 3.63) is 64.6 Å². The van der Waals surface area contributed by atoms with Gasteiger partial charge >= 0.3 is 12.0 Å². The van der Waals surface area contributed by atoms with E-state index < -0.39 is 18.0 Å². The van der Waals surface area contributed by atoms with Crippen LogP contribution in [-0.4, -0.2) is 23.1 Å². The zero-order valence-electron chi connectivity index (χ0n) is 11.6. The second kappa shape index (κ2) is 7.61. The van der Waals surface area contributed by atoms with Crippen LogP contribution < -0.4 is 10.6 Å². The summed E-state index contributed by atoms with van der Waals surface area (Å²) in [6, 6.07) is 14.6. The van der Waals surface area contributed by atoms with Crippen LogP contribution in [0.1, 0.15) is 5.56 Å². The maximum absolute atomic E-state index is 11.9. The Morgan fingerprint density at radius 3 is 2.27 bits per heavy atom. The van der Waals surface area contributed by atoms with Gasteiger partial charge in [0.05, 0.1) is 0 Å². The first-order chi connectivity index (χ1) is 10.5. The van der Waals surface area contributed by atoms with Crippen LogP contribution in [0.2, 0.25) is 0 Å². The minimum Gasteiger partial charge on any atom is -0.480 e. The van der Waals surface area contributed by atoms with Gasteiger partial charge in [-0.15, -0.1) is 0 Å². The van der Waals surface area contributed by atoms with Crippen molar-refractivity contribution < 1.29 is 14.7 Å². The Bertz CT molecular complexity index is 644. The molecule has 2 rings (SSSR count). The summed E-state index contributed by atoms with van der Waals surface area (Å²) in [5.41, 5.74) is 1.43. The van der Waals surface area contributed by atoms with Crippen LogP contribution in [0.3, 0.4) is 0 Å². The number of halogens is 1. The molecule has 0 saturated heterocycles. The first kappa shape index (κ1) is 16.0. The number of rotatable bonds is 5. The highest BCUT2D eigenvalue weighted by molar-refractivity contribution is 9.10. The maximum atomic E-state index is 11.9. The second-order valence-electron chi connectivity index (χ2n) is 4.69. The van der Waals surface area contributed by atoms with E-state index >= 15 is 0 Å². The molecule has 5 nitrogen and oxygen atoms in total. The fraction of sp³-hybridized carbons (Fsp3) is 0.125. The molecule has 22 heavy (non-hydrogen) atoms. The van der Waals surface area contributed by atoms with E-state index in [4.69, 9.17) is 0 Å². The fourth-order valence-electron chi connectivity index (χ4n) is 1.90. The number of hydrogen-bond acceptors (Lipinski definition) is 2. The van der Waals surface area contributed by atoms with E-state index in [1.54, 1.807) is 24.3 Å². The van der Waals surface area contributed by atoms with Gasteiger partial charge in [0.2, 0.25) is 0 Å². The molecule has 0 aliphatic rings. The van der Waals surface area contributed by atoms with Crippen LogP contribution in [0.25, 0.3) is 0 Å². The Morgan fingerprint density at radius 2 is 1.68 bits per heavy atom. The van der Waals surface area contributed by atoms with Crippen LogP contribution in [0, 0.1) is 0 Å². The van der Waals surface area contributed by atoms with Gasteiger partial charge in [0.15, 0.2) is 0 Å². The van der Waals surface area contributed by atoms with E-state index in [0.29, 0.717) is 5.69 Å². The number of carboxylic acid groups (broad SMARTS) is 1. The Morgan fingerprint density at radius 1 is 1.05 bits per heavy atom. The summed E-state index contributed by atoms with van der Waals surface area (Å²) in [6.45, 7) is 0. The van der Waals surface area contributed by atoms with Gasteiger partial charge in [-0.05, 0) is 29.8 Å². The van der Waals surface area contributed by atoms with Gasteiger partial charge in [0.1, 0.15) is 6.04 Å². The highest BCUT2D eigenvalue weighted by Gasteiger charge is 2.20. The summed E-state index contributed by atoms with van der Waals surface area (Å²) in [6.07, 6.45) is 0.213. The molecule has 0 fully saturated rings. The molecule has 0 radical (unpaired) electrons. The molecule has 2 aromatic rings. The minimum atomic E-state index is -1.08. The van der Waals surface area contributed by atoms with Crippen molar-refractivity contribution >= 4 is 33.6 Å². The summed E-state index contributed by atoms with van der Waals surface area (Å²) < 4.78 is 0.915. The second-order valence-corrected chi connectivity index (χ2v) is 5.60. The molecule has 1 unspecified atom stereocenters. The Balaban J connectivity index is 1.98. The number of carboxylic acids is 1.